The Hall–Kier alpha value is -2.31. The van der Waals surface area contributed by atoms with Crippen LogP contribution in [0.25, 0.3) is 0 Å². The molecule has 0 saturated heterocycles. The molecule has 1 heterocycles. The Morgan fingerprint density at radius 2 is 1.95 bits per heavy atom. The molecule has 106 valence electrons. The molecule has 20 heavy (non-hydrogen) atoms. The van der Waals surface area contributed by atoms with Crippen LogP contribution in [0.4, 0.5) is 30.5 Å². The smallest absolute Gasteiger partial charge is 0.384 e. The van der Waals surface area contributed by atoms with Crippen molar-refractivity contribution in [2.24, 2.45) is 0 Å². The van der Waals surface area contributed by atoms with E-state index in [1.54, 1.807) is 6.07 Å². The Kier molecular flexibility index (Phi) is 3.78. The molecule has 0 aliphatic rings. The van der Waals surface area contributed by atoms with Gasteiger partial charge in [-0.05, 0) is 24.1 Å². The molecule has 1 aromatic carbocycles. The van der Waals surface area contributed by atoms with Gasteiger partial charge in [-0.2, -0.15) is 13.2 Å². The highest BCUT2D eigenvalue weighted by molar-refractivity contribution is 5.59. The molecule has 0 aliphatic heterocycles. The van der Waals surface area contributed by atoms with E-state index >= 15 is 0 Å². The van der Waals surface area contributed by atoms with Crippen molar-refractivity contribution in [3.8, 4) is 0 Å². The number of hydrogen-bond donors (Lipinski definition) is 2. The third kappa shape index (κ3) is 3.37. The summed E-state index contributed by atoms with van der Waals surface area (Å²) in [5.74, 6) is -1.48. The first-order chi connectivity index (χ1) is 9.38. The van der Waals surface area contributed by atoms with Gasteiger partial charge in [0.1, 0.15) is 11.6 Å². The fourth-order valence-electron chi connectivity index (χ4n) is 1.67. The Morgan fingerprint density at radius 3 is 2.60 bits per heavy atom. The second-order valence-corrected chi connectivity index (χ2v) is 4.18. The van der Waals surface area contributed by atoms with Crippen molar-refractivity contribution in [2.75, 3.05) is 11.1 Å². The molecular formula is C13H13F3N4. The average molecular weight is 282 g/mol. The molecule has 0 bridgehead atoms. The number of nitrogen functional groups attached to an aromatic ring is 1. The minimum atomic E-state index is -4.63. The number of alkyl halides is 3. The quantitative estimate of drug-likeness (QED) is 0.905. The zero-order valence-electron chi connectivity index (χ0n) is 10.7. The largest absolute Gasteiger partial charge is 0.451 e. The highest BCUT2D eigenvalue weighted by atomic mass is 19.4. The van der Waals surface area contributed by atoms with Gasteiger partial charge in [0.05, 0.1) is 0 Å². The van der Waals surface area contributed by atoms with Crippen LogP contribution in [-0.2, 0) is 12.6 Å². The van der Waals surface area contributed by atoms with Crippen molar-refractivity contribution in [3.63, 3.8) is 0 Å². The van der Waals surface area contributed by atoms with Crippen molar-refractivity contribution in [2.45, 2.75) is 19.5 Å². The lowest BCUT2D eigenvalue weighted by Crippen LogP contribution is -2.13. The van der Waals surface area contributed by atoms with Crippen LogP contribution in [0.15, 0.2) is 30.3 Å². The molecule has 1 aromatic heterocycles. The number of halogens is 3. The molecule has 0 unspecified atom stereocenters. The summed E-state index contributed by atoms with van der Waals surface area (Å²) in [5, 5.41) is 2.80. The Morgan fingerprint density at radius 1 is 1.20 bits per heavy atom. The van der Waals surface area contributed by atoms with E-state index in [-0.39, 0.29) is 11.6 Å². The SMILES string of the molecule is CCc1cccc(Nc2cc(N)nc(C(F)(F)F)n2)c1. The molecule has 0 atom stereocenters. The van der Waals surface area contributed by atoms with E-state index in [1.165, 1.54) is 6.07 Å². The lowest BCUT2D eigenvalue weighted by Gasteiger charge is -2.10. The van der Waals surface area contributed by atoms with Gasteiger partial charge in [-0.15, -0.1) is 0 Å². The molecule has 7 heteroatoms. The topological polar surface area (TPSA) is 63.8 Å². The van der Waals surface area contributed by atoms with Gasteiger partial charge in [0.15, 0.2) is 0 Å². The first-order valence-corrected chi connectivity index (χ1v) is 5.96. The van der Waals surface area contributed by atoms with Crippen molar-refractivity contribution in [1.82, 2.24) is 9.97 Å². The first-order valence-electron chi connectivity index (χ1n) is 5.96. The van der Waals surface area contributed by atoms with E-state index in [2.05, 4.69) is 15.3 Å². The van der Waals surface area contributed by atoms with Gasteiger partial charge < -0.3 is 11.1 Å². The summed E-state index contributed by atoms with van der Waals surface area (Å²) in [6.07, 6.45) is -3.80. The molecule has 2 rings (SSSR count). The van der Waals surface area contributed by atoms with Crippen molar-refractivity contribution < 1.29 is 13.2 Å². The number of aryl methyl sites for hydroxylation is 1. The van der Waals surface area contributed by atoms with Crippen molar-refractivity contribution >= 4 is 17.3 Å². The molecule has 0 spiro atoms. The number of nitrogens with zero attached hydrogens (tertiary/aromatic N) is 2. The standard InChI is InChI=1S/C13H13F3N4/c1-2-8-4-3-5-9(6-8)18-11-7-10(17)19-12(20-11)13(14,15)16/h3-7H,2H2,1H3,(H3,17,18,19,20). The molecule has 0 saturated carbocycles. The van der Waals surface area contributed by atoms with E-state index < -0.39 is 12.0 Å². The highest BCUT2D eigenvalue weighted by Gasteiger charge is 2.35. The van der Waals surface area contributed by atoms with E-state index in [4.69, 9.17) is 5.73 Å². The number of nitrogens with two attached hydrogens (primary N) is 1. The van der Waals surface area contributed by atoms with Crippen LogP contribution >= 0.6 is 0 Å². The number of hydrogen-bond acceptors (Lipinski definition) is 4. The minimum absolute atomic E-state index is 0.0121. The van der Waals surface area contributed by atoms with Crippen LogP contribution in [0, 0.1) is 0 Å². The molecule has 0 amide bonds. The van der Waals surface area contributed by atoms with Gasteiger partial charge in [-0.1, -0.05) is 19.1 Å². The van der Waals surface area contributed by atoms with Crippen LogP contribution in [0.2, 0.25) is 0 Å². The highest BCUT2D eigenvalue weighted by Crippen LogP contribution is 2.28. The average Bonchev–Trinajstić information content (AvgIpc) is 2.37. The third-order valence-electron chi connectivity index (χ3n) is 2.61. The maximum absolute atomic E-state index is 12.6. The van der Waals surface area contributed by atoms with Crippen LogP contribution in [-0.4, -0.2) is 9.97 Å². The summed E-state index contributed by atoms with van der Waals surface area (Å²) in [4.78, 5) is 6.61. The summed E-state index contributed by atoms with van der Waals surface area (Å²) < 4.78 is 37.8. The molecule has 3 N–H and O–H groups in total. The molecule has 0 fully saturated rings. The van der Waals surface area contributed by atoms with Crippen molar-refractivity contribution in [3.05, 3.63) is 41.7 Å². The Balaban J connectivity index is 2.31. The maximum atomic E-state index is 12.6. The predicted octanol–water partition coefficient (Wildman–Crippen LogP) is 3.38. The van der Waals surface area contributed by atoms with E-state index in [1.807, 2.05) is 25.1 Å². The van der Waals surface area contributed by atoms with E-state index in [0.29, 0.717) is 5.69 Å². The summed E-state index contributed by atoms with van der Waals surface area (Å²) in [6.45, 7) is 1.99. The van der Waals surface area contributed by atoms with E-state index in [9.17, 15) is 13.2 Å². The number of anilines is 3. The molecular weight excluding hydrogens is 269 g/mol. The lowest BCUT2D eigenvalue weighted by molar-refractivity contribution is -0.144. The second kappa shape index (κ2) is 5.36. The first kappa shape index (κ1) is 14.1. The predicted molar refractivity (Wildman–Crippen MR) is 70.5 cm³/mol. The van der Waals surface area contributed by atoms with E-state index in [0.717, 1.165) is 12.0 Å². The number of aromatic nitrogens is 2. The van der Waals surface area contributed by atoms with Gasteiger partial charge in [-0.25, -0.2) is 9.97 Å². The lowest BCUT2D eigenvalue weighted by atomic mass is 10.1. The summed E-state index contributed by atoms with van der Waals surface area (Å²) in [7, 11) is 0. The van der Waals surface area contributed by atoms with Crippen LogP contribution < -0.4 is 11.1 Å². The monoisotopic (exact) mass is 282 g/mol. The number of rotatable bonds is 3. The zero-order chi connectivity index (χ0) is 14.8. The van der Waals surface area contributed by atoms with Crippen LogP contribution in [0.1, 0.15) is 18.3 Å². The van der Waals surface area contributed by atoms with Crippen molar-refractivity contribution in [1.29, 1.82) is 0 Å². The van der Waals surface area contributed by atoms with Gasteiger partial charge in [-0.3, -0.25) is 0 Å². The summed E-state index contributed by atoms with van der Waals surface area (Å²) >= 11 is 0. The molecule has 4 nitrogen and oxygen atoms in total. The third-order valence-corrected chi connectivity index (χ3v) is 2.61. The number of benzene rings is 1. The summed E-state index contributed by atoms with van der Waals surface area (Å²) in [5.41, 5.74) is 7.09. The minimum Gasteiger partial charge on any atom is -0.384 e. The fraction of sp³-hybridized carbons (Fsp3) is 0.231. The van der Waals surface area contributed by atoms with Gasteiger partial charge in [0, 0.05) is 11.8 Å². The molecule has 2 aromatic rings. The summed E-state index contributed by atoms with van der Waals surface area (Å²) in [6, 6.07) is 8.58. The zero-order valence-corrected chi connectivity index (χ0v) is 10.7. The Bertz CT molecular complexity index is 611. The van der Waals surface area contributed by atoms with Crippen LogP contribution in [0.3, 0.4) is 0 Å². The fourth-order valence-corrected chi connectivity index (χ4v) is 1.67. The molecule has 0 aliphatic carbocycles. The maximum Gasteiger partial charge on any atom is 0.451 e. The Labute approximate surface area is 113 Å². The number of nitrogens with one attached hydrogen (secondary N) is 1. The normalized spacial score (nSPS) is 11.4. The van der Waals surface area contributed by atoms with Gasteiger partial charge >= 0.3 is 6.18 Å². The second-order valence-electron chi connectivity index (χ2n) is 4.18. The van der Waals surface area contributed by atoms with Gasteiger partial charge in [0.2, 0.25) is 5.82 Å². The van der Waals surface area contributed by atoms with Gasteiger partial charge in [0.25, 0.3) is 0 Å². The molecule has 0 radical (unpaired) electrons. The van der Waals surface area contributed by atoms with Crippen LogP contribution in [0.5, 0.6) is 0 Å².